The second kappa shape index (κ2) is 10.2. The molecule has 1 fully saturated rings. The minimum absolute atomic E-state index is 0.0432. The predicted octanol–water partition coefficient (Wildman–Crippen LogP) is 3.18. The Morgan fingerprint density at radius 3 is 2.34 bits per heavy atom. The van der Waals surface area contributed by atoms with Gasteiger partial charge in [-0.05, 0) is 50.2 Å². The number of hydrogen-bond donors (Lipinski definition) is 1. The third-order valence-corrected chi connectivity index (χ3v) is 5.62. The van der Waals surface area contributed by atoms with Crippen LogP contribution in [0.25, 0.3) is 0 Å². The van der Waals surface area contributed by atoms with Gasteiger partial charge >= 0.3 is 0 Å². The molecule has 0 aromatic heterocycles. The van der Waals surface area contributed by atoms with Crippen LogP contribution in [-0.4, -0.2) is 56.5 Å². The van der Waals surface area contributed by atoms with Crippen molar-refractivity contribution in [3.05, 3.63) is 48.0 Å². The van der Waals surface area contributed by atoms with Crippen LogP contribution in [0.5, 0.6) is 11.5 Å². The second-order valence-electron chi connectivity index (χ2n) is 7.49. The number of carbonyl (C=O) groups is 3. The van der Waals surface area contributed by atoms with Crippen molar-refractivity contribution in [3.63, 3.8) is 0 Å². The Labute approximate surface area is 188 Å². The molecule has 1 N–H and O–H groups in total. The molecule has 32 heavy (non-hydrogen) atoms. The first kappa shape index (κ1) is 23.1. The maximum atomic E-state index is 12.8. The molecule has 1 atom stereocenters. The number of nitrogens with one attached hydrogen (secondary N) is 1. The number of rotatable bonds is 8. The van der Waals surface area contributed by atoms with Crippen LogP contribution in [0, 0.1) is 5.92 Å². The summed E-state index contributed by atoms with van der Waals surface area (Å²) in [7, 11) is 3.08. The third kappa shape index (κ3) is 4.85. The number of ether oxygens (including phenoxy) is 2. The molecule has 1 aliphatic rings. The van der Waals surface area contributed by atoms with Crippen LogP contribution < -0.4 is 19.7 Å². The van der Waals surface area contributed by atoms with E-state index in [-0.39, 0.29) is 30.7 Å². The summed E-state index contributed by atoms with van der Waals surface area (Å²) < 4.78 is 10.6. The zero-order chi connectivity index (χ0) is 23.3. The van der Waals surface area contributed by atoms with Crippen LogP contribution in [0.3, 0.4) is 0 Å². The quantitative estimate of drug-likeness (QED) is 0.683. The first-order valence-electron chi connectivity index (χ1n) is 10.6. The fourth-order valence-electron chi connectivity index (χ4n) is 3.76. The summed E-state index contributed by atoms with van der Waals surface area (Å²) in [4.78, 5) is 41.1. The number of benzene rings is 2. The van der Waals surface area contributed by atoms with E-state index in [1.54, 1.807) is 59.4 Å². The van der Waals surface area contributed by atoms with Gasteiger partial charge in [0.15, 0.2) is 0 Å². The molecule has 3 rings (SSSR count). The van der Waals surface area contributed by atoms with E-state index in [0.29, 0.717) is 41.5 Å². The van der Waals surface area contributed by atoms with Crippen molar-refractivity contribution in [1.82, 2.24) is 4.90 Å². The van der Waals surface area contributed by atoms with Crippen LogP contribution in [0.15, 0.2) is 42.5 Å². The molecule has 0 aliphatic carbocycles. The van der Waals surface area contributed by atoms with Crippen molar-refractivity contribution < 1.29 is 23.9 Å². The molecule has 0 radical (unpaired) electrons. The van der Waals surface area contributed by atoms with Crippen LogP contribution >= 0.6 is 0 Å². The number of anilines is 2. The minimum atomic E-state index is -0.494. The maximum Gasteiger partial charge on any atom is 0.253 e. The third-order valence-electron chi connectivity index (χ3n) is 5.62. The number of hydrogen-bond acceptors (Lipinski definition) is 5. The van der Waals surface area contributed by atoms with E-state index >= 15 is 0 Å². The molecule has 2 aromatic carbocycles. The van der Waals surface area contributed by atoms with E-state index < -0.39 is 5.92 Å². The lowest BCUT2D eigenvalue weighted by Crippen LogP contribution is -2.30. The summed E-state index contributed by atoms with van der Waals surface area (Å²) >= 11 is 0. The van der Waals surface area contributed by atoms with Crippen LogP contribution in [0.4, 0.5) is 11.4 Å². The lowest BCUT2D eigenvalue weighted by Gasteiger charge is -2.20. The Kier molecular flexibility index (Phi) is 7.35. The van der Waals surface area contributed by atoms with E-state index in [1.165, 1.54) is 7.11 Å². The summed E-state index contributed by atoms with van der Waals surface area (Å²) in [6.45, 7) is 5.40. The summed E-state index contributed by atoms with van der Waals surface area (Å²) in [5.74, 6) is 0.205. The largest absolute Gasteiger partial charge is 0.497 e. The van der Waals surface area contributed by atoms with E-state index in [2.05, 4.69) is 5.32 Å². The average Bonchev–Trinajstić information content (AvgIpc) is 3.21. The highest BCUT2D eigenvalue weighted by molar-refractivity contribution is 6.04. The standard InChI is InChI=1S/C24H29N3O5/c1-5-26(6-2)24(30)16-7-9-18(10-8-16)25-23(29)17-13-22(28)27(15-17)20-12-11-19(31-3)14-21(20)32-4/h7-12,14,17H,5-6,13,15H2,1-4H3,(H,25,29)/t17-/m0/s1. The monoisotopic (exact) mass is 439 g/mol. The van der Waals surface area contributed by atoms with E-state index in [9.17, 15) is 14.4 Å². The maximum absolute atomic E-state index is 12.8. The fourth-order valence-corrected chi connectivity index (χ4v) is 3.76. The highest BCUT2D eigenvalue weighted by Gasteiger charge is 2.36. The highest BCUT2D eigenvalue weighted by atomic mass is 16.5. The molecule has 3 amide bonds. The highest BCUT2D eigenvalue weighted by Crippen LogP contribution is 2.36. The van der Waals surface area contributed by atoms with Crippen molar-refractivity contribution in [2.75, 3.05) is 44.1 Å². The molecule has 0 spiro atoms. The van der Waals surface area contributed by atoms with Crippen molar-refractivity contribution >= 4 is 29.1 Å². The summed E-state index contributed by atoms with van der Waals surface area (Å²) in [6.07, 6.45) is 0.111. The van der Waals surface area contributed by atoms with Gasteiger partial charge in [-0.25, -0.2) is 0 Å². The van der Waals surface area contributed by atoms with Crippen molar-refractivity contribution in [3.8, 4) is 11.5 Å². The van der Waals surface area contributed by atoms with E-state index in [0.717, 1.165) is 0 Å². The average molecular weight is 440 g/mol. The normalized spacial score (nSPS) is 15.4. The van der Waals surface area contributed by atoms with Gasteiger partial charge in [-0.1, -0.05) is 0 Å². The summed E-state index contributed by atoms with van der Waals surface area (Å²) in [6, 6.07) is 12.0. The van der Waals surface area contributed by atoms with Gasteiger partial charge in [-0.3, -0.25) is 14.4 Å². The fraction of sp³-hybridized carbons (Fsp3) is 0.375. The topological polar surface area (TPSA) is 88.2 Å². The van der Waals surface area contributed by atoms with Crippen LogP contribution in [0.2, 0.25) is 0 Å². The van der Waals surface area contributed by atoms with Crippen molar-refractivity contribution in [2.45, 2.75) is 20.3 Å². The first-order valence-corrected chi connectivity index (χ1v) is 10.6. The predicted molar refractivity (Wildman–Crippen MR) is 122 cm³/mol. The molecule has 1 saturated heterocycles. The van der Waals surface area contributed by atoms with Gasteiger partial charge in [0.1, 0.15) is 11.5 Å². The molecule has 8 heteroatoms. The lowest BCUT2D eigenvalue weighted by molar-refractivity contribution is -0.122. The first-order chi connectivity index (χ1) is 15.4. The van der Waals surface area contributed by atoms with E-state index in [1.807, 2.05) is 13.8 Å². The molecule has 0 bridgehead atoms. The Balaban J connectivity index is 1.67. The number of methoxy groups -OCH3 is 2. The number of carbonyl (C=O) groups excluding carboxylic acids is 3. The number of amides is 3. The molecule has 0 unspecified atom stereocenters. The van der Waals surface area contributed by atoms with Gasteiger partial charge in [-0.2, -0.15) is 0 Å². The zero-order valence-electron chi connectivity index (χ0n) is 18.9. The van der Waals surface area contributed by atoms with Gasteiger partial charge in [0.25, 0.3) is 5.91 Å². The van der Waals surface area contributed by atoms with Crippen LogP contribution in [-0.2, 0) is 9.59 Å². The SMILES string of the molecule is CCN(CC)C(=O)c1ccc(NC(=O)[C@H]2CC(=O)N(c3ccc(OC)cc3OC)C2)cc1. The molecule has 1 heterocycles. The smallest absolute Gasteiger partial charge is 0.253 e. The van der Waals surface area contributed by atoms with Crippen molar-refractivity contribution in [2.24, 2.45) is 5.92 Å². The molecule has 170 valence electrons. The van der Waals surface area contributed by atoms with Gasteiger partial charge < -0.3 is 24.6 Å². The minimum Gasteiger partial charge on any atom is -0.497 e. The molecular formula is C24H29N3O5. The lowest BCUT2D eigenvalue weighted by atomic mass is 10.1. The Hall–Kier alpha value is -3.55. The van der Waals surface area contributed by atoms with E-state index in [4.69, 9.17) is 9.47 Å². The van der Waals surface area contributed by atoms with Gasteiger partial charge in [-0.15, -0.1) is 0 Å². The molecular weight excluding hydrogens is 410 g/mol. The zero-order valence-corrected chi connectivity index (χ0v) is 18.9. The Morgan fingerprint density at radius 2 is 1.75 bits per heavy atom. The summed E-state index contributed by atoms with van der Waals surface area (Å²) in [5, 5.41) is 2.85. The molecule has 1 aliphatic heterocycles. The Bertz CT molecular complexity index is 986. The van der Waals surface area contributed by atoms with Gasteiger partial charge in [0.05, 0.1) is 25.8 Å². The second-order valence-corrected chi connectivity index (χ2v) is 7.49. The number of nitrogens with zero attached hydrogens (tertiary/aromatic N) is 2. The van der Waals surface area contributed by atoms with Gasteiger partial charge in [0.2, 0.25) is 11.8 Å². The summed E-state index contributed by atoms with van der Waals surface area (Å²) in [5.41, 5.74) is 1.76. The van der Waals surface area contributed by atoms with Gasteiger partial charge in [0, 0.05) is 43.4 Å². The molecule has 0 saturated carbocycles. The van der Waals surface area contributed by atoms with Crippen molar-refractivity contribution in [1.29, 1.82) is 0 Å². The molecule has 8 nitrogen and oxygen atoms in total. The van der Waals surface area contributed by atoms with Crippen LogP contribution in [0.1, 0.15) is 30.6 Å². The molecule has 2 aromatic rings. The Morgan fingerprint density at radius 1 is 1.06 bits per heavy atom.